The predicted octanol–water partition coefficient (Wildman–Crippen LogP) is 4.81. The Balaban J connectivity index is 1.57. The number of hydrogen-bond acceptors (Lipinski definition) is 7. The van der Waals surface area contributed by atoms with Crippen LogP contribution in [0.1, 0.15) is 56.0 Å². The van der Waals surface area contributed by atoms with Crippen LogP contribution >= 0.6 is 0 Å². The number of carbonyl (C=O) groups is 2. The Labute approximate surface area is 248 Å². The van der Waals surface area contributed by atoms with Crippen molar-refractivity contribution in [2.24, 2.45) is 5.92 Å². The summed E-state index contributed by atoms with van der Waals surface area (Å²) in [7, 11) is -3.74. The van der Waals surface area contributed by atoms with Gasteiger partial charge in [-0.1, -0.05) is 80.6 Å². The SMILES string of the molecule is CC(C)CCC(=O)N(N[C@H](c1ccc2ccccc2c1)S(C)(=O)=O)C1CCCN(C(=O)OCc2ccccc2)CC1O. The average molecular weight is 596 g/mol. The maximum Gasteiger partial charge on any atom is 0.410 e. The second-order valence-electron chi connectivity index (χ2n) is 11.4. The van der Waals surface area contributed by atoms with Gasteiger partial charge in [-0.25, -0.2) is 18.6 Å². The Hall–Kier alpha value is -3.47. The molecule has 42 heavy (non-hydrogen) atoms. The van der Waals surface area contributed by atoms with E-state index in [4.69, 9.17) is 4.74 Å². The fourth-order valence-electron chi connectivity index (χ4n) is 5.20. The molecule has 2 amide bonds. The van der Waals surface area contributed by atoms with E-state index >= 15 is 0 Å². The van der Waals surface area contributed by atoms with Crippen LogP contribution in [0.4, 0.5) is 4.79 Å². The molecule has 10 heteroatoms. The largest absolute Gasteiger partial charge is 0.445 e. The van der Waals surface area contributed by atoms with Crippen LogP contribution in [-0.4, -0.2) is 66.9 Å². The monoisotopic (exact) mass is 595 g/mol. The molecule has 4 rings (SSSR count). The van der Waals surface area contributed by atoms with Crippen molar-refractivity contribution in [3.05, 3.63) is 83.9 Å². The van der Waals surface area contributed by atoms with E-state index in [2.05, 4.69) is 5.43 Å². The zero-order valence-corrected chi connectivity index (χ0v) is 25.3. The van der Waals surface area contributed by atoms with Crippen molar-refractivity contribution in [2.75, 3.05) is 19.3 Å². The van der Waals surface area contributed by atoms with Crippen molar-refractivity contribution >= 4 is 32.6 Å². The summed E-state index contributed by atoms with van der Waals surface area (Å²) < 4.78 is 31.7. The van der Waals surface area contributed by atoms with Gasteiger partial charge in [0.05, 0.1) is 18.7 Å². The molecule has 0 spiro atoms. The van der Waals surface area contributed by atoms with Crippen LogP contribution in [-0.2, 0) is 26.0 Å². The molecule has 1 saturated heterocycles. The Morgan fingerprint density at radius 3 is 2.43 bits per heavy atom. The first-order valence-corrected chi connectivity index (χ1v) is 16.4. The van der Waals surface area contributed by atoms with E-state index in [0.29, 0.717) is 31.4 Å². The van der Waals surface area contributed by atoms with Crippen LogP contribution in [0.15, 0.2) is 72.8 Å². The maximum absolute atomic E-state index is 13.6. The Bertz CT molecular complexity index is 1460. The third-order valence-electron chi connectivity index (χ3n) is 7.54. The van der Waals surface area contributed by atoms with Gasteiger partial charge in [-0.15, -0.1) is 0 Å². The number of hydrazine groups is 1. The predicted molar refractivity (Wildman–Crippen MR) is 163 cm³/mol. The van der Waals surface area contributed by atoms with Crippen LogP contribution in [0.3, 0.4) is 0 Å². The number of ether oxygens (including phenoxy) is 1. The Morgan fingerprint density at radius 2 is 1.74 bits per heavy atom. The van der Waals surface area contributed by atoms with Crippen molar-refractivity contribution in [1.29, 1.82) is 0 Å². The molecule has 0 bridgehead atoms. The minimum absolute atomic E-state index is 0.0482. The number of likely N-dealkylation sites (tertiary alicyclic amines) is 1. The van der Waals surface area contributed by atoms with Gasteiger partial charge < -0.3 is 14.7 Å². The van der Waals surface area contributed by atoms with Crippen molar-refractivity contribution in [3.8, 4) is 0 Å². The summed E-state index contributed by atoms with van der Waals surface area (Å²) in [5.74, 6) is -0.0433. The van der Waals surface area contributed by atoms with E-state index in [-0.39, 0.29) is 31.4 Å². The van der Waals surface area contributed by atoms with Crippen LogP contribution in [0, 0.1) is 5.92 Å². The second-order valence-corrected chi connectivity index (χ2v) is 13.5. The summed E-state index contributed by atoms with van der Waals surface area (Å²) in [5.41, 5.74) is 4.36. The van der Waals surface area contributed by atoms with Crippen LogP contribution in [0.2, 0.25) is 0 Å². The molecule has 0 saturated carbocycles. The van der Waals surface area contributed by atoms with E-state index in [1.807, 2.05) is 74.5 Å². The Kier molecular flexibility index (Phi) is 10.6. The summed E-state index contributed by atoms with van der Waals surface area (Å²) in [4.78, 5) is 28.0. The number of aliphatic hydroxyl groups is 1. The molecule has 1 aliphatic rings. The number of benzene rings is 3. The number of rotatable bonds is 10. The molecule has 0 aromatic heterocycles. The lowest BCUT2D eigenvalue weighted by Crippen LogP contribution is -2.57. The normalized spacial score (nSPS) is 18.5. The molecule has 1 aliphatic heterocycles. The van der Waals surface area contributed by atoms with E-state index in [9.17, 15) is 23.1 Å². The van der Waals surface area contributed by atoms with Crippen molar-refractivity contribution in [2.45, 2.75) is 63.7 Å². The topological polar surface area (TPSA) is 116 Å². The van der Waals surface area contributed by atoms with Gasteiger partial charge in [0.1, 0.15) is 6.61 Å². The molecule has 3 aromatic carbocycles. The number of nitrogens with zero attached hydrogens (tertiary/aromatic N) is 2. The van der Waals surface area contributed by atoms with Crippen molar-refractivity contribution in [3.63, 3.8) is 0 Å². The lowest BCUT2D eigenvalue weighted by Gasteiger charge is -2.37. The standard InChI is InChI=1S/C32H41N3O6S/c1-23(2)15-18-30(37)35(33-31(42(3,39)40)27-17-16-25-12-7-8-13-26(25)20-27)28-14-9-19-34(21-29(28)36)32(38)41-22-24-10-5-4-6-11-24/h4-8,10-13,16-17,20,23,28-29,31,33,36H,9,14-15,18-19,21-22H2,1-3H3/t28?,29?,31-/m0/s1. The summed E-state index contributed by atoms with van der Waals surface area (Å²) in [6.45, 7) is 4.43. The fourth-order valence-corrected chi connectivity index (χ4v) is 6.15. The zero-order chi connectivity index (χ0) is 30.3. The smallest absolute Gasteiger partial charge is 0.410 e. The lowest BCUT2D eigenvalue weighted by atomic mass is 10.0. The van der Waals surface area contributed by atoms with Gasteiger partial charge in [-0.05, 0) is 53.1 Å². The zero-order valence-electron chi connectivity index (χ0n) is 24.5. The van der Waals surface area contributed by atoms with E-state index in [0.717, 1.165) is 22.6 Å². The highest BCUT2D eigenvalue weighted by atomic mass is 32.2. The number of amides is 2. The minimum Gasteiger partial charge on any atom is -0.445 e. The first-order chi connectivity index (χ1) is 20.0. The fraction of sp³-hybridized carbons (Fsp3) is 0.438. The van der Waals surface area contributed by atoms with Gasteiger partial charge in [-0.2, -0.15) is 0 Å². The number of carbonyl (C=O) groups excluding carboxylic acids is 2. The minimum atomic E-state index is -3.74. The molecule has 2 N–H and O–H groups in total. The molecular weight excluding hydrogens is 554 g/mol. The van der Waals surface area contributed by atoms with Gasteiger partial charge >= 0.3 is 6.09 Å². The second kappa shape index (κ2) is 14.1. The number of β-amino-alcohol motifs (C(OH)–C–C–N with tert-alkyl or cyclic N) is 1. The van der Waals surface area contributed by atoms with Gasteiger partial charge in [0, 0.05) is 19.2 Å². The molecule has 0 radical (unpaired) electrons. The molecule has 1 fully saturated rings. The highest BCUT2D eigenvalue weighted by molar-refractivity contribution is 7.90. The summed E-state index contributed by atoms with van der Waals surface area (Å²) in [5, 5.41) is 13.3. The number of hydrogen-bond donors (Lipinski definition) is 2. The van der Waals surface area contributed by atoms with Gasteiger partial charge in [0.15, 0.2) is 15.2 Å². The quantitative estimate of drug-likeness (QED) is 0.323. The molecule has 0 aliphatic carbocycles. The summed E-state index contributed by atoms with van der Waals surface area (Å²) in [6.07, 6.45) is 1.13. The van der Waals surface area contributed by atoms with Gasteiger partial charge in [0.25, 0.3) is 0 Å². The van der Waals surface area contributed by atoms with Gasteiger partial charge in [-0.3, -0.25) is 9.80 Å². The maximum atomic E-state index is 13.6. The number of fused-ring (bicyclic) bond motifs is 1. The Morgan fingerprint density at radius 1 is 1.05 bits per heavy atom. The highest BCUT2D eigenvalue weighted by Gasteiger charge is 2.37. The summed E-state index contributed by atoms with van der Waals surface area (Å²) in [6, 6.07) is 21.6. The number of sulfone groups is 1. The molecule has 3 aromatic rings. The first kappa shape index (κ1) is 31.5. The lowest BCUT2D eigenvalue weighted by molar-refractivity contribution is -0.141. The van der Waals surface area contributed by atoms with E-state index in [1.165, 1.54) is 9.91 Å². The molecule has 2 unspecified atom stereocenters. The molecule has 3 atom stereocenters. The van der Waals surface area contributed by atoms with Gasteiger partial charge in [0.2, 0.25) is 5.91 Å². The van der Waals surface area contributed by atoms with E-state index in [1.54, 1.807) is 12.1 Å². The average Bonchev–Trinajstić information content (AvgIpc) is 3.16. The van der Waals surface area contributed by atoms with Crippen LogP contribution < -0.4 is 5.43 Å². The van der Waals surface area contributed by atoms with Crippen molar-refractivity contribution < 1.29 is 27.9 Å². The molecular formula is C32H41N3O6S. The van der Waals surface area contributed by atoms with Crippen LogP contribution in [0.5, 0.6) is 0 Å². The third-order valence-corrected chi connectivity index (χ3v) is 8.77. The number of aliphatic hydroxyl groups excluding tert-OH is 1. The third kappa shape index (κ3) is 8.30. The highest BCUT2D eigenvalue weighted by Crippen LogP contribution is 2.27. The molecule has 1 heterocycles. The molecule has 9 nitrogen and oxygen atoms in total. The molecule has 226 valence electrons. The summed E-state index contributed by atoms with van der Waals surface area (Å²) >= 11 is 0. The van der Waals surface area contributed by atoms with Crippen molar-refractivity contribution in [1.82, 2.24) is 15.3 Å². The number of nitrogens with one attached hydrogen (secondary N) is 1. The van der Waals surface area contributed by atoms with Crippen LogP contribution in [0.25, 0.3) is 10.8 Å². The first-order valence-electron chi connectivity index (χ1n) is 14.4. The van der Waals surface area contributed by atoms with E-state index < -0.39 is 33.5 Å².